The van der Waals surface area contributed by atoms with Crippen LogP contribution in [0, 0.1) is 5.92 Å². The lowest BCUT2D eigenvalue weighted by Crippen LogP contribution is -2.46. The Hall–Kier alpha value is -1.82. The summed E-state index contributed by atoms with van der Waals surface area (Å²) in [5, 5.41) is 12.4. The Bertz CT molecular complexity index is 458. The number of aliphatic hydroxyl groups excluding tert-OH is 1. The van der Waals surface area contributed by atoms with Gasteiger partial charge in [-0.15, -0.1) is 0 Å². The number of nitrogens with zero attached hydrogens (tertiary/aromatic N) is 1. The molecule has 20 heavy (non-hydrogen) atoms. The molecule has 0 spiro atoms. The van der Waals surface area contributed by atoms with Crippen molar-refractivity contribution in [3.8, 4) is 0 Å². The molecular formula is C14H20N2O4. The highest BCUT2D eigenvalue weighted by Crippen LogP contribution is 2.17. The first kappa shape index (κ1) is 14.6. The minimum atomic E-state index is -0.453. The first-order valence-corrected chi connectivity index (χ1v) is 6.85. The normalized spacial score (nSPS) is 22.6. The van der Waals surface area contributed by atoms with Crippen molar-refractivity contribution in [3.05, 3.63) is 24.2 Å². The van der Waals surface area contributed by atoms with Crippen molar-refractivity contribution >= 4 is 11.8 Å². The molecule has 0 aromatic carbocycles. The van der Waals surface area contributed by atoms with Gasteiger partial charge in [0, 0.05) is 26.1 Å². The van der Waals surface area contributed by atoms with Gasteiger partial charge >= 0.3 is 0 Å². The Morgan fingerprint density at radius 2 is 2.35 bits per heavy atom. The maximum Gasteiger partial charge on any atom is 0.286 e. The van der Waals surface area contributed by atoms with Gasteiger partial charge in [0.2, 0.25) is 5.91 Å². The maximum absolute atomic E-state index is 12.0. The van der Waals surface area contributed by atoms with Crippen LogP contribution >= 0.6 is 0 Å². The highest BCUT2D eigenvalue weighted by atomic mass is 16.3. The van der Waals surface area contributed by atoms with E-state index in [1.54, 1.807) is 17.0 Å². The number of nitrogens with one attached hydrogen (secondary N) is 1. The molecule has 0 radical (unpaired) electrons. The largest absolute Gasteiger partial charge is 0.459 e. The summed E-state index contributed by atoms with van der Waals surface area (Å²) in [7, 11) is 0. The zero-order chi connectivity index (χ0) is 14.5. The van der Waals surface area contributed by atoms with Gasteiger partial charge < -0.3 is 19.7 Å². The molecule has 0 aliphatic carbocycles. The number of aliphatic hydroxyl groups is 1. The highest BCUT2D eigenvalue weighted by Gasteiger charge is 2.26. The number of amides is 2. The number of furan rings is 1. The molecule has 2 atom stereocenters. The predicted octanol–water partition coefficient (Wildman–Crippen LogP) is 0.629. The van der Waals surface area contributed by atoms with E-state index in [0.29, 0.717) is 13.1 Å². The van der Waals surface area contributed by atoms with Crippen LogP contribution in [0.5, 0.6) is 0 Å². The molecule has 1 aliphatic heterocycles. The molecule has 2 heterocycles. The summed E-state index contributed by atoms with van der Waals surface area (Å²) in [5.74, 6) is 0.100. The Kier molecular flexibility index (Phi) is 4.79. The van der Waals surface area contributed by atoms with E-state index in [-0.39, 0.29) is 36.5 Å². The van der Waals surface area contributed by atoms with Crippen LogP contribution in [-0.4, -0.2) is 47.6 Å². The average molecular weight is 280 g/mol. The van der Waals surface area contributed by atoms with Crippen molar-refractivity contribution in [1.29, 1.82) is 0 Å². The average Bonchev–Trinajstić information content (AvgIpc) is 2.95. The van der Waals surface area contributed by atoms with Gasteiger partial charge in [0.25, 0.3) is 5.91 Å². The minimum Gasteiger partial charge on any atom is -0.459 e. The third kappa shape index (κ3) is 3.60. The van der Waals surface area contributed by atoms with Crippen LogP contribution in [0.2, 0.25) is 0 Å². The number of carbonyl (C=O) groups excluding carboxylic acids is 2. The van der Waals surface area contributed by atoms with Crippen molar-refractivity contribution < 1.29 is 19.1 Å². The molecule has 2 N–H and O–H groups in total. The molecule has 6 nitrogen and oxygen atoms in total. The smallest absolute Gasteiger partial charge is 0.286 e. The van der Waals surface area contributed by atoms with Crippen LogP contribution in [0.4, 0.5) is 0 Å². The van der Waals surface area contributed by atoms with Gasteiger partial charge in [0.15, 0.2) is 5.76 Å². The molecule has 1 fully saturated rings. The number of β-amino-alcohol motifs (C(OH)–C–C–N with tert-alkyl or cyclic N) is 1. The van der Waals surface area contributed by atoms with E-state index in [1.807, 2.05) is 6.92 Å². The Morgan fingerprint density at radius 3 is 3.00 bits per heavy atom. The van der Waals surface area contributed by atoms with Crippen LogP contribution in [0.3, 0.4) is 0 Å². The molecule has 2 amide bonds. The molecular weight excluding hydrogens is 260 g/mol. The minimum absolute atomic E-state index is 0.0457. The first-order chi connectivity index (χ1) is 9.58. The number of hydrogen-bond acceptors (Lipinski definition) is 4. The van der Waals surface area contributed by atoms with Crippen LogP contribution in [0.25, 0.3) is 0 Å². The van der Waals surface area contributed by atoms with E-state index in [4.69, 9.17) is 4.42 Å². The third-order valence-corrected chi connectivity index (χ3v) is 3.64. The molecule has 1 aromatic heterocycles. The molecule has 1 aromatic rings. The second-order valence-corrected chi connectivity index (χ2v) is 5.16. The van der Waals surface area contributed by atoms with Crippen LogP contribution in [-0.2, 0) is 4.79 Å². The Labute approximate surface area is 117 Å². The van der Waals surface area contributed by atoms with E-state index in [2.05, 4.69) is 5.32 Å². The van der Waals surface area contributed by atoms with Crippen molar-refractivity contribution in [1.82, 2.24) is 10.2 Å². The molecule has 1 saturated heterocycles. The number of carbonyl (C=O) groups is 2. The van der Waals surface area contributed by atoms with Gasteiger partial charge in [-0.05, 0) is 24.5 Å². The lowest BCUT2D eigenvalue weighted by Gasteiger charge is -2.34. The van der Waals surface area contributed by atoms with Crippen molar-refractivity contribution in [2.24, 2.45) is 5.92 Å². The fourth-order valence-electron chi connectivity index (χ4n) is 2.21. The summed E-state index contributed by atoms with van der Waals surface area (Å²) in [6, 6.07) is 3.20. The van der Waals surface area contributed by atoms with Crippen LogP contribution < -0.4 is 5.32 Å². The van der Waals surface area contributed by atoms with Gasteiger partial charge in [0.1, 0.15) is 0 Å². The van der Waals surface area contributed by atoms with Gasteiger partial charge in [-0.3, -0.25) is 9.59 Å². The molecule has 0 saturated carbocycles. The predicted molar refractivity (Wildman–Crippen MR) is 72.0 cm³/mol. The summed E-state index contributed by atoms with van der Waals surface area (Å²) in [6.07, 6.45) is 2.01. The topological polar surface area (TPSA) is 82.8 Å². The second kappa shape index (κ2) is 6.56. The standard InChI is InChI=1S/C14H20N2O4/c1-10-5-7-16(9-11(10)17)13(18)4-6-15-14(19)12-3-2-8-20-12/h2-3,8,10-11,17H,4-7,9H2,1H3,(H,15,19). The SMILES string of the molecule is CC1CCN(C(=O)CCNC(=O)c2ccco2)CC1O. The Balaban J connectivity index is 1.71. The van der Waals surface area contributed by atoms with E-state index in [1.165, 1.54) is 6.26 Å². The summed E-state index contributed by atoms with van der Waals surface area (Å²) < 4.78 is 4.95. The number of piperidine rings is 1. The molecule has 2 rings (SSSR count). The van der Waals surface area contributed by atoms with Gasteiger partial charge in [0.05, 0.1) is 12.4 Å². The molecule has 6 heteroatoms. The quantitative estimate of drug-likeness (QED) is 0.847. The lowest BCUT2D eigenvalue weighted by molar-refractivity contribution is -0.135. The van der Waals surface area contributed by atoms with Crippen LogP contribution in [0.1, 0.15) is 30.3 Å². The third-order valence-electron chi connectivity index (χ3n) is 3.64. The van der Waals surface area contributed by atoms with Gasteiger partial charge in [-0.25, -0.2) is 0 Å². The summed E-state index contributed by atoms with van der Waals surface area (Å²) in [5.41, 5.74) is 0. The Morgan fingerprint density at radius 1 is 1.55 bits per heavy atom. The second-order valence-electron chi connectivity index (χ2n) is 5.16. The van der Waals surface area contributed by atoms with Gasteiger partial charge in [-0.2, -0.15) is 0 Å². The van der Waals surface area contributed by atoms with Crippen molar-refractivity contribution in [3.63, 3.8) is 0 Å². The summed E-state index contributed by atoms with van der Waals surface area (Å²) >= 11 is 0. The monoisotopic (exact) mass is 280 g/mol. The molecule has 1 aliphatic rings. The van der Waals surface area contributed by atoms with E-state index in [0.717, 1.165) is 6.42 Å². The number of likely N-dealkylation sites (tertiary alicyclic amines) is 1. The van der Waals surface area contributed by atoms with E-state index < -0.39 is 6.10 Å². The zero-order valence-corrected chi connectivity index (χ0v) is 11.5. The zero-order valence-electron chi connectivity index (χ0n) is 11.5. The number of rotatable bonds is 4. The fourth-order valence-corrected chi connectivity index (χ4v) is 2.21. The van der Waals surface area contributed by atoms with Gasteiger partial charge in [-0.1, -0.05) is 6.92 Å². The van der Waals surface area contributed by atoms with E-state index >= 15 is 0 Å². The molecule has 2 unspecified atom stereocenters. The van der Waals surface area contributed by atoms with Crippen LogP contribution in [0.15, 0.2) is 22.8 Å². The fraction of sp³-hybridized carbons (Fsp3) is 0.571. The lowest BCUT2D eigenvalue weighted by atomic mass is 9.96. The first-order valence-electron chi connectivity index (χ1n) is 6.85. The highest BCUT2D eigenvalue weighted by molar-refractivity contribution is 5.91. The maximum atomic E-state index is 12.0. The number of hydrogen-bond donors (Lipinski definition) is 2. The summed E-state index contributed by atoms with van der Waals surface area (Å²) in [4.78, 5) is 25.2. The molecule has 110 valence electrons. The van der Waals surface area contributed by atoms with Crippen molar-refractivity contribution in [2.75, 3.05) is 19.6 Å². The molecule has 0 bridgehead atoms. The van der Waals surface area contributed by atoms with E-state index in [9.17, 15) is 14.7 Å². The van der Waals surface area contributed by atoms with Crippen molar-refractivity contribution in [2.45, 2.75) is 25.9 Å². The summed E-state index contributed by atoms with van der Waals surface area (Å²) in [6.45, 7) is 3.30.